The fourth-order valence-corrected chi connectivity index (χ4v) is 3.52. The Kier molecular flexibility index (Phi) is 4.90. The van der Waals surface area contributed by atoms with Gasteiger partial charge in [0.25, 0.3) is 5.91 Å². The number of fused-ring (bicyclic) bond motifs is 1. The summed E-state index contributed by atoms with van der Waals surface area (Å²) >= 11 is 1.30. The first-order valence-corrected chi connectivity index (χ1v) is 9.56. The predicted octanol–water partition coefficient (Wildman–Crippen LogP) is 4.23. The van der Waals surface area contributed by atoms with E-state index >= 15 is 0 Å². The molecule has 0 bridgehead atoms. The Morgan fingerprint density at radius 2 is 1.89 bits per heavy atom. The minimum atomic E-state index is -0.340. The molecule has 2 N–H and O–H groups in total. The summed E-state index contributed by atoms with van der Waals surface area (Å²) in [7, 11) is 0. The number of anilines is 1. The molecule has 4 aromatic rings. The first kappa shape index (κ1) is 17.9. The lowest BCUT2D eigenvalue weighted by molar-refractivity contribution is -0.115. The Morgan fingerprint density at radius 1 is 1.11 bits per heavy atom. The zero-order valence-corrected chi connectivity index (χ0v) is 15.9. The van der Waals surface area contributed by atoms with Crippen molar-refractivity contribution in [3.05, 3.63) is 71.1 Å². The molecule has 6 nitrogen and oxygen atoms in total. The lowest BCUT2D eigenvalue weighted by Crippen LogP contribution is -2.33. The molecule has 2 aromatic heterocycles. The van der Waals surface area contributed by atoms with Crippen LogP contribution in [0.4, 0.5) is 5.13 Å². The molecule has 140 valence electrons. The third kappa shape index (κ3) is 3.79. The van der Waals surface area contributed by atoms with Crippen LogP contribution in [-0.2, 0) is 4.79 Å². The van der Waals surface area contributed by atoms with E-state index in [2.05, 4.69) is 15.6 Å². The molecule has 0 aliphatic rings. The number of aromatic nitrogens is 1. The average molecular weight is 391 g/mol. The third-order valence-electron chi connectivity index (χ3n) is 4.23. The Hall–Kier alpha value is -3.45. The zero-order valence-electron chi connectivity index (χ0n) is 15.1. The number of carbonyl (C=O) groups is 2. The topological polar surface area (TPSA) is 84.2 Å². The van der Waals surface area contributed by atoms with Gasteiger partial charge in [0.05, 0.1) is 6.54 Å². The molecule has 0 aliphatic carbocycles. The Bertz CT molecular complexity index is 1130. The summed E-state index contributed by atoms with van der Waals surface area (Å²) in [4.78, 5) is 28.7. The van der Waals surface area contributed by atoms with E-state index in [1.807, 2.05) is 54.8 Å². The summed E-state index contributed by atoms with van der Waals surface area (Å²) in [6.45, 7) is 1.72. The van der Waals surface area contributed by atoms with Crippen molar-refractivity contribution in [3.8, 4) is 11.5 Å². The molecule has 28 heavy (non-hydrogen) atoms. The van der Waals surface area contributed by atoms with Crippen LogP contribution in [0, 0.1) is 6.92 Å². The van der Waals surface area contributed by atoms with E-state index in [0.29, 0.717) is 22.1 Å². The van der Waals surface area contributed by atoms with Gasteiger partial charge >= 0.3 is 0 Å². The van der Waals surface area contributed by atoms with Gasteiger partial charge in [-0.25, -0.2) is 4.98 Å². The highest BCUT2D eigenvalue weighted by Crippen LogP contribution is 2.30. The van der Waals surface area contributed by atoms with Gasteiger partial charge in [-0.15, -0.1) is 11.3 Å². The molecule has 0 spiro atoms. The molecule has 2 aromatic carbocycles. The van der Waals surface area contributed by atoms with Crippen LogP contribution in [-0.4, -0.2) is 23.3 Å². The Morgan fingerprint density at radius 3 is 2.71 bits per heavy atom. The molecule has 0 saturated carbocycles. The highest BCUT2D eigenvalue weighted by Gasteiger charge is 2.13. The van der Waals surface area contributed by atoms with Gasteiger partial charge in [0.15, 0.2) is 10.9 Å². The van der Waals surface area contributed by atoms with Crippen LogP contribution in [0.15, 0.2) is 64.4 Å². The van der Waals surface area contributed by atoms with Crippen LogP contribution in [0.5, 0.6) is 0 Å². The van der Waals surface area contributed by atoms with E-state index in [9.17, 15) is 9.59 Å². The van der Waals surface area contributed by atoms with E-state index in [4.69, 9.17) is 4.42 Å². The van der Waals surface area contributed by atoms with Crippen molar-refractivity contribution in [1.29, 1.82) is 0 Å². The van der Waals surface area contributed by atoms with Crippen LogP contribution in [0.25, 0.3) is 22.4 Å². The number of hydrogen-bond acceptors (Lipinski definition) is 5. The summed E-state index contributed by atoms with van der Waals surface area (Å²) in [6, 6.07) is 16.9. The molecule has 7 heteroatoms. The molecule has 2 heterocycles. The lowest BCUT2D eigenvalue weighted by Gasteiger charge is -2.07. The largest absolute Gasteiger partial charge is 0.454 e. The average Bonchev–Trinajstić information content (AvgIpc) is 3.33. The minimum Gasteiger partial charge on any atom is -0.454 e. The van der Waals surface area contributed by atoms with Gasteiger partial charge in [0.2, 0.25) is 5.91 Å². The smallest absolute Gasteiger partial charge is 0.251 e. The van der Waals surface area contributed by atoms with Crippen molar-refractivity contribution in [2.75, 3.05) is 11.9 Å². The number of aryl methyl sites for hydroxylation is 1. The molecule has 0 saturated heterocycles. The molecular formula is C21H17N3O3S. The number of amides is 2. The molecule has 0 fully saturated rings. The monoisotopic (exact) mass is 391 g/mol. The van der Waals surface area contributed by atoms with E-state index in [1.54, 1.807) is 12.1 Å². The standard InChI is InChI=1S/C21H17N3O3S/c1-13-6-2-4-8-15(13)20(26)22-11-19(25)24-21-23-16(12-28-21)18-10-14-7-3-5-9-17(14)27-18/h2-10,12H,11H2,1H3,(H,22,26)(H,23,24,25). The highest BCUT2D eigenvalue weighted by molar-refractivity contribution is 7.14. The third-order valence-corrected chi connectivity index (χ3v) is 4.99. The van der Waals surface area contributed by atoms with E-state index in [1.165, 1.54) is 11.3 Å². The van der Waals surface area contributed by atoms with Crippen molar-refractivity contribution in [2.45, 2.75) is 6.92 Å². The normalized spacial score (nSPS) is 10.8. The Balaban J connectivity index is 1.38. The second-order valence-corrected chi connectivity index (χ2v) is 7.09. The van der Waals surface area contributed by atoms with E-state index in [-0.39, 0.29) is 18.4 Å². The van der Waals surface area contributed by atoms with Crippen LogP contribution in [0.3, 0.4) is 0 Å². The maximum absolute atomic E-state index is 12.2. The van der Waals surface area contributed by atoms with Crippen LogP contribution >= 0.6 is 11.3 Å². The summed E-state index contributed by atoms with van der Waals surface area (Å²) in [6.07, 6.45) is 0. The van der Waals surface area contributed by atoms with Crippen molar-refractivity contribution in [2.24, 2.45) is 0 Å². The molecule has 4 rings (SSSR count). The number of carbonyl (C=O) groups excluding carboxylic acids is 2. The number of hydrogen-bond donors (Lipinski definition) is 2. The number of thiazole rings is 1. The number of furan rings is 1. The second kappa shape index (κ2) is 7.66. The molecule has 0 unspecified atom stereocenters. The van der Waals surface area contributed by atoms with Gasteiger partial charge in [0.1, 0.15) is 11.3 Å². The minimum absolute atomic E-state index is 0.132. The fourth-order valence-electron chi connectivity index (χ4n) is 2.80. The number of rotatable bonds is 5. The molecule has 2 amide bonds. The number of para-hydroxylation sites is 1. The van der Waals surface area contributed by atoms with Gasteiger partial charge in [-0.05, 0) is 30.7 Å². The number of benzene rings is 2. The number of nitrogens with zero attached hydrogens (tertiary/aromatic N) is 1. The van der Waals surface area contributed by atoms with Gasteiger partial charge in [-0.3, -0.25) is 9.59 Å². The molecular weight excluding hydrogens is 374 g/mol. The lowest BCUT2D eigenvalue weighted by atomic mass is 10.1. The van der Waals surface area contributed by atoms with E-state index < -0.39 is 0 Å². The fraction of sp³-hybridized carbons (Fsp3) is 0.0952. The summed E-state index contributed by atoms with van der Waals surface area (Å²) < 4.78 is 5.79. The van der Waals surface area contributed by atoms with Crippen LogP contribution in [0.1, 0.15) is 15.9 Å². The van der Waals surface area contributed by atoms with Crippen molar-refractivity contribution in [1.82, 2.24) is 10.3 Å². The first-order valence-electron chi connectivity index (χ1n) is 8.68. The summed E-state index contributed by atoms with van der Waals surface area (Å²) in [5, 5.41) is 8.59. The number of nitrogens with one attached hydrogen (secondary N) is 2. The molecule has 0 aliphatic heterocycles. The SMILES string of the molecule is Cc1ccccc1C(=O)NCC(=O)Nc1nc(-c2cc3ccccc3o2)cs1. The Labute approximate surface area is 165 Å². The first-order chi connectivity index (χ1) is 13.6. The van der Waals surface area contributed by atoms with Crippen molar-refractivity contribution < 1.29 is 14.0 Å². The van der Waals surface area contributed by atoms with Crippen LogP contribution in [0.2, 0.25) is 0 Å². The zero-order chi connectivity index (χ0) is 19.5. The summed E-state index contributed by atoms with van der Waals surface area (Å²) in [5.41, 5.74) is 2.85. The van der Waals surface area contributed by atoms with Gasteiger partial charge in [-0.1, -0.05) is 36.4 Å². The summed E-state index contributed by atoms with van der Waals surface area (Å²) in [5.74, 6) is 0.0219. The second-order valence-electron chi connectivity index (χ2n) is 6.23. The van der Waals surface area contributed by atoms with Gasteiger partial charge < -0.3 is 15.1 Å². The molecule has 0 radical (unpaired) electrons. The quantitative estimate of drug-likeness (QED) is 0.533. The van der Waals surface area contributed by atoms with E-state index in [0.717, 1.165) is 16.5 Å². The molecule has 0 atom stereocenters. The van der Waals surface area contributed by atoms with Crippen molar-refractivity contribution in [3.63, 3.8) is 0 Å². The highest BCUT2D eigenvalue weighted by atomic mass is 32.1. The maximum Gasteiger partial charge on any atom is 0.251 e. The van der Waals surface area contributed by atoms with Gasteiger partial charge in [-0.2, -0.15) is 0 Å². The van der Waals surface area contributed by atoms with Crippen LogP contribution < -0.4 is 10.6 Å². The predicted molar refractivity (Wildman–Crippen MR) is 109 cm³/mol. The maximum atomic E-state index is 12.2. The van der Waals surface area contributed by atoms with Crippen molar-refractivity contribution >= 4 is 39.3 Å². The van der Waals surface area contributed by atoms with Gasteiger partial charge in [0, 0.05) is 16.3 Å².